The summed E-state index contributed by atoms with van der Waals surface area (Å²) in [6, 6.07) is 7.58. The first-order valence-electron chi connectivity index (χ1n) is 10.00. The van der Waals surface area contributed by atoms with E-state index in [1.165, 1.54) is 0 Å². The molecule has 3 heterocycles. The number of anilines is 1. The van der Waals surface area contributed by atoms with E-state index in [2.05, 4.69) is 22.0 Å². The molecule has 164 valence electrons. The maximum Gasteiger partial charge on any atom is 0.244 e. The van der Waals surface area contributed by atoms with Crippen molar-refractivity contribution in [3.8, 4) is 11.6 Å². The summed E-state index contributed by atoms with van der Waals surface area (Å²) >= 11 is 12.6. The Morgan fingerprint density at radius 3 is 2.77 bits per heavy atom. The minimum atomic E-state index is 0.00937. The molecule has 1 saturated heterocycles. The van der Waals surface area contributed by atoms with Crippen LogP contribution in [0.15, 0.2) is 36.7 Å². The van der Waals surface area contributed by atoms with Crippen molar-refractivity contribution < 1.29 is 9.53 Å². The first kappa shape index (κ1) is 21.5. The Labute approximate surface area is 190 Å². The zero-order valence-corrected chi connectivity index (χ0v) is 19.1. The van der Waals surface area contributed by atoms with Gasteiger partial charge in [0.2, 0.25) is 5.91 Å². The minimum absolute atomic E-state index is 0.00937. The Kier molecular flexibility index (Phi) is 6.11. The summed E-state index contributed by atoms with van der Waals surface area (Å²) < 4.78 is 8.57. The zero-order valence-electron chi connectivity index (χ0n) is 17.6. The lowest BCUT2D eigenvalue weighted by Gasteiger charge is -2.41. The number of carbonyl (C=O) groups is 1. The molecule has 0 aliphatic carbocycles. The third-order valence-electron chi connectivity index (χ3n) is 5.57. The van der Waals surface area contributed by atoms with E-state index in [9.17, 15) is 4.79 Å². The molecule has 0 saturated carbocycles. The molecule has 1 aliphatic rings. The molecule has 31 heavy (non-hydrogen) atoms. The largest absolute Gasteiger partial charge is 0.495 e. The lowest BCUT2D eigenvalue weighted by molar-refractivity contribution is -0.134. The summed E-state index contributed by atoms with van der Waals surface area (Å²) in [7, 11) is 1.60. The number of piperazine rings is 1. The molecule has 1 fully saturated rings. The van der Waals surface area contributed by atoms with Crippen molar-refractivity contribution in [1.29, 1.82) is 0 Å². The van der Waals surface area contributed by atoms with E-state index >= 15 is 0 Å². The maximum atomic E-state index is 13.1. The van der Waals surface area contributed by atoms with Crippen molar-refractivity contribution in [2.75, 3.05) is 31.6 Å². The van der Waals surface area contributed by atoms with Crippen LogP contribution in [0.3, 0.4) is 0 Å². The minimum Gasteiger partial charge on any atom is -0.495 e. The van der Waals surface area contributed by atoms with Gasteiger partial charge in [-0.25, -0.2) is 4.68 Å². The van der Waals surface area contributed by atoms with E-state index in [0.717, 1.165) is 17.9 Å². The third-order valence-corrected chi connectivity index (χ3v) is 6.33. The molecule has 1 aliphatic heterocycles. The molecule has 0 spiro atoms. The van der Waals surface area contributed by atoms with Crippen molar-refractivity contribution in [2.45, 2.75) is 26.4 Å². The van der Waals surface area contributed by atoms with E-state index in [1.54, 1.807) is 34.9 Å². The second-order valence-electron chi connectivity index (χ2n) is 7.53. The van der Waals surface area contributed by atoms with Gasteiger partial charge in [-0.15, -0.1) is 0 Å². The number of hydrogen-bond acceptors (Lipinski definition) is 5. The van der Waals surface area contributed by atoms with Crippen molar-refractivity contribution in [3.05, 3.63) is 52.4 Å². The summed E-state index contributed by atoms with van der Waals surface area (Å²) in [6.07, 6.45) is 3.43. The second kappa shape index (κ2) is 8.80. The number of methoxy groups -OCH3 is 1. The molecule has 1 atom stereocenters. The highest BCUT2D eigenvalue weighted by Gasteiger charge is 2.29. The van der Waals surface area contributed by atoms with Gasteiger partial charge in [0.1, 0.15) is 17.3 Å². The van der Waals surface area contributed by atoms with Crippen LogP contribution in [0.25, 0.3) is 5.82 Å². The average molecular weight is 463 g/mol. The van der Waals surface area contributed by atoms with Crippen LogP contribution < -0.4 is 9.64 Å². The number of nitrogens with zero attached hydrogens (tertiary/aromatic N) is 6. The Hall–Kier alpha value is -2.71. The van der Waals surface area contributed by atoms with Gasteiger partial charge >= 0.3 is 0 Å². The number of hydrogen-bond donors (Lipinski definition) is 0. The van der Waals surface area contributed by atoms with Gasteiger partial charge in [0.25, 0.3) is 0 Å². The van der Waals surface area contributed by atoms with E-state index in [-0.39, 0.29) is 18.5 Å². The number of aromatic nitrogens is 4. The van der Waals surface area contributed by atoms with Crippen LogP contribution >= 0.6 is 23.2 Å². The molecule has 0 bridgehead atoms. The van der Waals surface area contributed by atoms with Crippen LogP contribution in [-0.4, -0.2) is 63.2 Å². The van der Waals surface area contributed by atoms with E-state index in [1.807, 2.05) is 30.0 Å². The topological polar surface area (TPSA) is 68.4 Å². The first-order valence-corrected chi connectivity index (χ1v) is 10.8. The molecule has 4 rings (SSSR count). The lowest BCUT2D eigenvalue weighted by Crippen LogP contribution is -2.54. The Morgan fingerprint density at radius 2 is 2.10 bits per heavy atom. The fourth-order valence-corrected chi connectivity index (χ4v) is 4.25. The standard InChI is InChI=1S/C21H24Cl2N6O2/c1-14-12-26(16-5-6-17(22)18(11-16)31-3)9-10-27(14)19(30)13-29-15(2)20(23)21(25-29)28-8-4-7-24-28/h4-8,11,14H,9-10,12-13H2,1-3H3. The van der Waals surface area contributed by atoms with Crippen LogP contribution in [0.5, 0.6) is 5.75 Å². The average Bonchev–Trinajstić information content (AvgIpc) is 3.38. The number of ether oxygens (including phenoxy) is 1. The summed E-state index contributed by atoms with van der Waals surface area (Å²) in [5, 5.41) is 9.75. The van der Waals surface area contributed by atoms with Gasteiger partial charge in [0, 0.05) is 49.8 Å². The zero-order chi connectivity index (χ0) is 22.1. The number of halogens is 2. The smallest absolute Gasteiger partial charge is 0.244 e. The fraction of sp³-hybridized carbons (Fsp3) is 0.381. The van der Waals surface area contributed by atoms with Gasteiger partial charge in [0.15, 0.2) is 5.82 Å². The first-order chi connectivity index (χ1) is 14.9. The number of rotatable bonds is 5. The van der Waals surface area contributed by atoms with E-state index < -0.39 is 0 Å². The Bertz CT molecular complexity index is 1080. The predicted molar refractivity (Wildman–Crippen MR) is 120 cm³/mol. The number of amides is 1. The van der Waals surface area contributed by atoms with E-state index in [0.29, 0.717) is 34.7 Å². The highest BCUT2D eigenvalue weighted by molar-refractivity contribution is 6.33. The molecule has 8 nitrogen and oxygen atoms in total. The highest BCUT2D eigenvalue weighted by atomic mass is 35.5. The Morgan fingerprint density at radius 1 is 1.29 bits per heavy atom. The summed E-state index contributed by atoms with van der Waals surface area (Å²) in [6.45, 7) is 6.09. The van der Waals surface area contributed by atoms with Gasteiger partial charge in [-0.05, 0) is 32.0 Å². The molecule has 3 aromatic rings. The van der Waals surface area contributed by atoms with Crippen LogP contribution in [0, 0.1) is 6.92 Å². The molecule has 0 radical (unpaired) electrons. The summed E-state index contributed by atoms with van der Waals surface area (Å²) in [5.41, 5.74) is 1.76. The fourth-order valence-electron chi connectivity index (χ4n) is 3.83. The van der Waals surface area contributed by atoms with Gasteiger partial charge in [-0.2, -0.15) is 10.2 Å². The molecular weight excluding hydrogens is 439 g/mol. The lowest BCUT2D eigenvalue weighted by atomic mass is 10.1. The third kappa shape index (κ3) is 4.22. The monoisotopic (exact) mass is 462 g/mol. The predicted octanol–water partition coefficient (Wildman–Crippen LogP) is 3.43. The SMILES string of the molecule is COc1cc(N2CCN(C(=O)Cn3nc(-n4cccn4)c(Cl)c3C)C(C)C2)ccc1Cl. The van der Waals surface area contributed by atoms with Gasteiger partial charge in [-0.3, -0.25) is 9.48 Å². The summed E-state index contributed by atoms with van der Waals surface area (Å²) in [5.74, 6) is 1.17. The van der Waals surface area contributed by atoms with Crippen LogP contribution in [0.2, 0.25) is 10.0 Å². The maximum absolute atomic E-state index is 13.1. The number of carbonyl (C=O) groups excluding carboxylic acids is 1. The second-order valence-corrected chi connectivity index (χ2v) is 8.32. The van der Waals surface area contributed by atoms with Crippen LogP contribution in [0.1, 0.15) is 12.6 Å². The van der Waals surface area contributed by atoms with Crippen molar-refractivity contribution >= 4 is 34.8 Å². The van der Waals surface area contributed by atoms with Crippen LogP contribution in [0.4, 0.5) is 5.69 Å². The van der Waals surface area contributed by atoms with E-state index in [4.69, 9.17) is 27.9 Å². The summed E-state index contributed by atoms with van der Waals surface area (Å²) in [4.78, 5) is 17.2. The normalized spacial score (nSPS) is 16.6. The van der Waals surface area contributed by atoms with Crippen LogP contribution in [-0.2, 0) is 11.3 Å². The molecule has 0 N–H and O–H groups in total. The van der Waals surface area contributed by atoms with Crippen molar-refractivity contribution in [2.24, 2.45) is 0 Å². The molecule has 1 aromatic carbocycles. The van der Waals surface area contributed by atoms with Crippen molar-refractivity contribution in [3.63, 3.8) is 0 Å². The van der Waals surface area contributed by atoms with Gasteiger partial charge < -0.3 is 14.5 Å². The quantitative estimate of drug-likeness (QED) is 0.580. The van der Waals surface area contributed by atoms with Gasteiger partial charge in [-0.1, -0.05) is 23.2 Å². The van der Waals surface area contributed by atoms with Gasteiger partial charge in [0.05, 0.1) is 17.8 Å². The molecule has 1 amide bonds. The Balaban J connectivity index is 1.45. The number of benzene rings is 1. The molecule has 1 unspecified atom stereocenters. The highest BCUT2D eigenvalue weighted by Crippen LogP contribution is 2.30. The molecule has 2 aromatic heterocycles. The molecular formula is C21H24Cl2N6O2. The molecule has 10 heteroatoms. The van der Waals surface area contributed by atoms with Crippen molar-refractivity contribution in [1.82, 2.24) is 24.5 Å².